The van der Waals surface area contributed by atoms with Gasteiger partial charge in [0, 0.05) is 5.41 Å². The monoisotopic (exact) mass is 220 g/mol. The molecule has 0 aromatic rings. The number of hydrogen-bond acceptors (Lipinski definition) is 1. The molecule has 90 valence electrons. The van der Waals surface area contributed by atoms with Gasteiger partial charge in [0.2, 0.25) is 0 Å². The Bertz CT molecular complexity index is 333. The minimum Gasteiger partial charge on any atom is -0.512 e. The maximum atomic E-state index is 9.76. The van der Waals surface area contributed by atoms with Crippen LogP contribution in [0.25, 0.3) is 0 Å². The molecule has 1 nitrogen and oxygen atoms in total. The Balaban J connectivity index is 3.09. The average molecular weight is 220 g/mol. The van der Waals surface area contributed by atoms with Crippen LogP contribution >= 0.6 is 0 Å². The Hall–Kier alpha value is -0.980. The third kappa shape index (κ3) is 2.40. The number of hydrogen-bond donors (Lipinski definition) is 1. The standard InChI is InChI=1S/C15H24O/c1-10(2)13-8-7-11(3)9-14(13)15(5,6)12(4)16/h9,13-14,16H,1,4,7-8H2,2-3,5-6H3. The van der Waals surface area contributed by atoms with Crippen molar-refractivity contribution in [3.8, 4) is 0 Å². The van der Waals surface area contributed by atoms with Gasteiger partial charge in [-0.1, -0.05) is 44.2 Å². The topological polar surface area (TPSA) is 20.2 Å². The predicted molar refractivity (Wildman–Crippen MR) is 70.3 cm³/mol. The van der Waals surface area contributed by atoms with Crippen LogP contribution in [0.3, 0.4) is 0 Å². The Morgan fingerprint density at radius 1 is 1.44 bits per heavy atom. The molecule has 2 atom stereocenters. The zero-order valence-corrected chi connectivity index (χ0v) is 11.0. The van der Waals surface area contributed by atoms with Gasteiger partial charge in [0.15, 0.2) is 0 Å². The first-order chi connectivity index (χ1) is 7.26. The van der Waals surface area contributed by atoms with E-state index in [2.05, 4.69) is 46.9 Å². The molecule has 0 bridgehead atoms. The highest BCUT2D eigenvalue weighted by molar-refractivity contribution is 5.20. The number of aliphatic hydroxyl groups is 1. The summed E-state index contributed by atoms with van der Waals surface area (Å²) in [5.41, 5.74) is 2.35. The molecule has 0 aliphatic heterocycles. The lowest BCUT2D eigenvalue weighted by Crippen LogP contribution is -2.33. The summed E-state index contributed by atoms with van der Waals surface area (Å²) in [6.45, 7) is 16.2. The van der Waals surface area contributed by atoms with Gasteiger partial charge in [-0.3, -0.25) is 0 Å². The van der Waals surface area contributed by atoms with Crippen LogP contribution in [0, 0.1) is 17.3 Å². The quantitative estimate of drug-likeness (QED) is 0.543. The summed E-state index contributed by atoms with van der Waals surface area (Å²) in [5.74, 6) is 1.05. The molecule has 1 aliphatic rings. The van der Waals surface area contributed by atoms with E-state index >= 15 is 0 Å². The third-order valence-electron chi connectivity index (χ3n) is 3.96. The first-order valence-corrected chi connectivity index (χ1v) is 5.98. The SMILES string of the molecule is C=C(C)C1CCC(C)=CC1C(C)(C)C(=C)O. The van der Waals surface area contributed by atoms with Gasteiger partial charge < -0.3 is 5.11 Å². The van der Waals surface area contributed by atoms with E-state index in [1.165, 1.54) is 11.1 Å². The van der Waals surface area contributed by atoms with Crippen molar-refractivity contribution in [3.05, 3.63) is 36.1 Å². The van der Waals surface area contributed by atoms with E-state index in [-0.39, 0.29) is 11.2 Å². The van der Waals surface area contributed by atoms with Gasteiger partial charge in [-0.25, -0.2) is 0 Å². The van der Waals surface area contributed by atoms with E-state index in [1.807, 2.05) is 0 Å². The van der Waals surface area contributed by atoms with Crippen LogP contribution in [-0.2, 0) is 0 Å². The van der Waals surface area contributed by atoms with Gasteiger partial charge in [-0.2, -0.15) is 0 Å². The molecule has 0 saturated heterocycles. The first-order valence-electron chi connectivity index (χ1n) is 5.98. The van der Waals surface area contributed by atoms with Crippen LogP contribution in [0.4, 0.5) is 0 Å². The molecule has 0 radical (unpaired) electrons. The largest absolute Gasteiger partial charge is 0.512 e. The summed E-state index contributed by atoms with van der Waals surface area (Å²) >= 11 is 0. The van der Waals surface area contributed by atoms with E-state index in [4.69, 9.17) is 0 Å². The number of rotatable bonds is 3. The van der Waals surface area contributed by atoms with E-state index in [1.54, 1.807) is 0 Å². The van der Waals surface area contributed by atoms with E-state index in [9.17, 15) is 5.11 Å². The van der Waals surface area contributed by atoms with Gasteiger partial charge in [-0.15, -0.1) is 0 Å². The number of allylic oxidation sites excluding steroid dienone is 4. The van der Waals surface area contributed by atoms with Crippen molar-refractivity contribution >= 4 is 0 Å². The van der Waals surface area contributed by atoms with Crippen molar-refractivity contribution < 1.29 is 5.11 Å². The first kappa shape index (κ1) is 13.1. The fraction of sp³-hybridized carbons (Fsp3) is 0.600. The molecule has 1 aliphatic carbocycles. The van der Waals surface area contributed by atoms with E-state index in [0.717, 1.165) is 12.8 Å². The second kappa shape index (κ2) is 4.48. The summed E-state index contributed by atoms with van der Waals surface area (Å²) in [7, 11) is 0. The van der Waals surface area contributed by atoms with Crippen molar-refractivity contribution in [2.24, 2.45) is 17.3 Å². The Labute approximate surface area is 99.6 Å². The third-order valence-corrected chi connectivity index (χ3v) is 3.96. The summed E-state index contributed by atoms with van der Waals surface area (Å²) in [4.78, 5) is 0. The molecule has 2 unspecified atom stereocenters. The highest BCUT2D eigenvalue weighted by Gasteiger charge is 2.38. The maximum absolute atomic E-state index is 9.76. The average Bonchev–Trinajstić information content (AvgIpc) is 2.16. The van der Waals surface area contributed by atoms with E-state index in [0.29, 0.717) is 11.8 Å². The van der Waals surface area contributed by atoms with Gasteiger partial charge in [0.1, 0.15) is 0 Å². The predicted octanol–water partition coefficient (Wildman–Crippen LogP) is 4.63. The van der Waals surface area contributed by atoms with Gasteiger partial charge in [-0.05, 0) is 38.5 Å². The van der Waals surface area contributed by atoms with Crippen molar-refractivity contribution in [2.45, 2.75) is 40.5 Å². The van der Waals surface area contributed by atoms with Crippen molar-refractivity contribution in [1.29, 1.82) is 0 Å². The Morgan fingerprint density at radius 2 is 2.00 bits per heavy atom. The highest BCUT2D eigenvalue weighted by atomic mass is 16.3. The lowest BCUT2D eigenvalue weighted by Gasteiger charge is -2.40. The molecule has 0 aromatic heterocycles. The lowest BCUT2D eigenvalue weighted by molar-refractivity contribution is 0.159. The molecule has 16 heavy (non-hydrogen) atoms. The van der Waals surface area contributed by atoms with Crippen LogP contribution in [0.1, 0.15) is 40.5 Å². The van der Waals surface area contributed by atoms with Gasteiger partial charge in [0.25, 0.3) is 0 Å². The van der Waals surface area contributed by atoms with Crippen LogP contribution in [-0.4, -0.2) is 5.11 Å². The maximum Gasteiger partial charge on any atom is 0.0913 e. The lowest BCUT2D eigenvalue weighted by atomic mass is 9.64. The summed E-state index contributed by atoms with van der Waals surface area (Å²) < 4.78 is 0. The van der Waals surface area contributed by atoms with Crippen LogP contribution in [0.15, 0.2) is 36.1 Å². The molecular weight excluding hydrogens is 196 g/mol. The zero-order chi connectivity index (χ0) is 12.5. The van der Waals surface area contributed by atoms with Crippen molar-refractivity contribution in [3.63, 3.8) is 0 Å². The summed E-state index contributed by atoms with van der Waals surface area (Å²) in [6.07, 6.45) is 4.57. The molecule has 0 heterocycles. The van der Waals surface area contributed by atoms with Crippen molar-refractivity contribution in [1.82, 2.24) is 0 Å². The highest BCUT2D eigenvalue weighted by Crippen LogP contribution is 2.45. The second-order valence-electron chi connectivity index (χ2n) is 5.70. The molecule has 1 rings (SSSR count). The van der Waals surface area contributed by atoms with Gasteiger partial charge in [0.05, 0.1) is 5.76 Å². The smallest absolute Gasteiger partial charge is 0.0913 e. The molecular formula is C15H24O. The minimum absolute atomic E-state index is 0.273. The normalized spacial score (nSPS) is 26.1. The Morgan fingerprint density at radius 3 is 2.44 bits per heavy atom. The summed E-state index contributed by atoms with van der Waals surface area (Å²) in [5, 5.41) is 9.76. The number of aliphatic hydroxyl groups excluding tert-OH is 1. The summed E-state index contributed by atoms with van der Waals surface area (Å²) in [6, 6.07) is 0. The molecule has 1 N–H and O–H groups in total. The Kier molecular flexibility index (Phi) is 3.67. The molecule has 1 heteroatoms. The molecule has 0 aromatic carbocycles. The fourth-order valence-corrected chi connectivity index (χ4v) is 2.53. The molecule has 0 amide bonds. The van der Waals surface area contributed by atoms with E-state index < -0.39 is 0 Å². The second-order valence-corrected chi connectivity index (χ2v) is 5.70. The fourth-order valence-electron chi connectivity index (χ4n) is 2.53. The minimum atomic E-state index is -0.273. The molecule has 0 fully saturated rings. The molecule has 0 saturated carbocycles. The zero-order valence-electron chi connectivity index (χ0n) is 11.0. The van der Waals surface area contributed by atoms with Crippen molar-refractivity contribution in [2.75, 3.05) is 0 Å². The van der Waals surface area contributed by atoms with Crippen LogP contribution in [0.2, 0.25) is 0 Å². The van der Waals surface area contributed by atoms with Gasteiger partial charge >= 0.3 is 0 Å². The van der Waals surface area contributed by atoms with Crippen LogP contribution < -0.4 is 0 Å². The van der Waals surface area contributed by atoms with Crippen LogP contribution in [0.5, 0.6) is 0 Å². The molecule has 0 spiro atoms.